The van der Waals surface area contributed by atoms with Crippen LogP contribution in [0.15, 0.2) is 30.5 Å². The van der Waals surface area contributed by atoms with Crippen molar-refractivity contribution in [3.63, 3.8) is 0 Å². The molecule has 0 radical (unpaired) electrons. The van der Waals surface area contributed by atoms with Gasteiger partial charge in [0.25, 0.3) is 0 Å². The summed E-state index contributed by atoms with van der Waals surface area (Å²) in [6.45, 7) is 0.646. The molecule has 12 heteroatoms. The zero-order valence-corrected chi connectivity index (χ0v) is 21.1. The maximum absolute atomic E-state index is 13.9. The maximum atomic E-state index is 13.9. The molecule has 1 aromatic heterocycles. The number of aliphatic carboxylic acids is 1. The molecule has 12 nitrogen and oxygen atoms in total. The largest absolute Gasteiger partial charge is 0.480 e. The zero-order chi connectivity index (χ0) is 27.4. The average molecular weight is 527 g/mol. The molecule has 1 aromatic carbocycles. The van der Waals surface area contributed by atoms with E-state index in [1.807, 2.05) is 24.3 Å². The van der Waals surface area contributed by atoms with E-state index in [1.54, 1.807) is 6.20 Å². The Labute approximate surface area is 219 Å². The van der Waals surface area contributed by atoms with E-state index in [-0.39, 0.29) is 25.2 Å². The predicted octanol–water partition coefficient (Wildman–Crippen LogP) is -0.145. The Morgan fingerprint density at radius 3 is 2.45 bits per heavy atom. The fourth-order valence-corrected chi connectivity index (χ4v) is 5.39. The molecule has 0 aliphatic carbocycles. The number of fused-ring (bicyclic) bond motifs is 1. The minimum Gasteiger partial charge on any atom is -0.480 e. The molecule has 2 aliphatic rings. The van der Waals surface area contributed by atoms with Gasteiger partial charge in [-0.1, -0.05) is 18.2 Å². The molecule has 204 valence electrons. The number of amides is 4. The van der Waals surface area contributed by atoms with Gasteiger partial charge in [0.15, 0.2) is 0 Å². The van der Waals surface area contributed by atoms with Crippen LogP contribution in [-0.2, 0) is 30.4 Å². The first kappa shape index (κ1) is 27.1. The van der Waals surface area contributed by atoms with Gasteiger partial charge in [0, 0.05) is 43.0 Å². The smallest absolute Gasteiger partial charge is 0.326 e. The molecule has 2 aliphatic heterocycles. The molecule has 4 unspecified atom stereocenters. The highest BCUT2D eigenvalue weighted by Gasteiger charge is 2.43. The number of carbonyl (C=O) groups excluding carboxylic acids is 4. The number of rotatable bonds is 10. The van der Waals surface area contributed by atoms with Gasteiger partial charge in [-0.25, -0.2) is 4.79 Å². The molecule has 2 fully saturated rings. The third kappa shape index (κ3) is 5.80. The number of primary amides is 1. The number of likely N-dealkylation sites (tertiary alicyclic amines) is 2. The maximum Gasteiger partial charge on any atom is 0.326 e. The molecule has 7 N–H and O–H groups in total. The lowest BCUT2D eigenvalue weighted by Crippen LogP contribution is -2.57. The van der Waals surface area contributed by atoms with Crippen molar-refractivity contribution in [3.05, 3.63) is 36.0 Å². The number of nitrogens with two attached hydrogens (primary N) is 2. The topological polar surface area (TPSA) is 192 Å². The summed E-state index contributed by atoms with van der Waals surface area (Å²) in [4.78, 5) is 68.9. The highest BCUT2D eigenvalue weighted by Crippen LogP contribution is 2.27. The van der Waals surface area contributed by atoms with Gasteiger partial charge in [-0.3, -0.25) is 19.2 Å². The fraction of sp³-hybridized carbons (Fsp3) is 0.500. The van der Waals surface area contributed by atoms with Crippen LogP contribution in [0.4, 0.5) is 0 Å². The van der Waals surface area contributed by atoms with E-state index >= 15 is 0 Å². The Morgan fingerprint density at radius 1 is 1.05 bits per heavy atom. The minimum absolute atomic E-state index is 0.0333. The van der Waals surface area contributed by atoms with Crippen molar-refractivity contribution < 1.29 is 29.1 Å². The minimum atomic E-state index is -1.05. The number of carboxylic acids is 1. The van der Waals surface area contributed by atoms with E-state index < -0.39 is 47.9 Å². The van der Waals surface area contributed by atoms with Crippen molar-refractivity contribution >= 4 is 40.5 Å². The number of H-pyrrole nitrogens is 1. The van der Waals surface area contributed by atoms with Gasteiger partial charge in [-0.2, -0.15) is 0 Å². The van der Waals surface area contributed by atoms with Crippen LogP contribution in [0.25, 0.3) is 10.9 Å². The second-order valence-electron chi connectivity index (χ2n) is 9.95. The van der Waals surface area contributed by atoms with E-state index in [1.165, 1.54) is 9.80 Å². The number of nitrogens with one attached hydrogen (secondary N) is 2. The number of aromatic amines is 1. The second kappa shape index (κ2) is 11.6. The van der Waals surface area contributed by atoms with Crippen molar-refractivity contribution in [1.82, 2.24) is 20.1 Å². The van der Waals surface area contributed by atoms with Crippen molar-refractivity contribution in [1.29, 1.82) is 0 Å². The monoisotopic (exact) mass is 526 g/mol. The second-order valence-corrected chi connectivity index (χ2v) is 9.95. The fourth-order valence-electron chi connectivity index (χ4n) is 5.39. The van der Waals surface area contributed by atoms with Crippen molar-refractivity contribution in [2.75, 3.05) is 13.1 Å². The Hall–Kier alpha value is -3.93. The normalized spacial score (nSPS) is 20.9. The van der Waals surface area contributed by atoms with E-state index in [2.05, 4.69) is 10.3 Å². The van der Waals surface area contributed by atoms with Crippen LogP contribution in [0, 0.1) is 0 Å². The SMILES string of the molecule is NC(=O)CCC(N)C(=O)NC(Cc1c[nH]c2ccccc12)C(=O)N1CCCC1C(=O)N1CCCC1C(=O)O. The molecular formula is C26H34N6O6. The predicted molar refractivity (Wildman–Crippen MR) is 137 cm³/mol. The first-order chi connectivity index (χ1) is 18.2. The molecular weight excluding hydrogens is 492 g/mol. The summed E-state index contributed by atoms with van der Waals surface area (Å²) in [6, 6.07) is 3.80. The average Bonchev–Trinajstić information content (AvgIpc) is 3.66. The molecule has 3 heterocycles. The molecule has 2 aromatic rings. The third-order valence-electron chi connectivity index (χ3n) is 7.39. The van der Waals surface area contributed by atoms with Crippen molar-refractivity contribution in [3.8, 4) is 0 Å². The van der Waals surface area contributed by atoms with Gasteiger partial charge in [-0.05, 0) is 43.7 Å². The zero-order valence-electron chi connectivity index (χ0n) is 21.1. The Bertz CT molecular complexity index is 1230. The number of hydrogen-bond acceptors (Lipinski definition) is 6. The van der Waals surface area contributed by atoms with Gasteiger partial charge in [0.2, 0.25) is 23.6 Å². The number of para-hydroxylation sites is 1. The van der Waals surface area contributed by atoms with Crippen molar-refractivity contribution in [2.24, 2.45) is 11.5 Å². The Kier molecular flexibility index (Phi) is 8.30. The lowest BCUT2D eigenvalue weighted by molar-refractivity contribution is -0.152. The lowest BCUT2D eigenvalue weighted by Gasteiger charge is -2.32. The molecule has 38 heavy (non-hydrogen) atoms. The molecule has 4 amide bonds. The van der Waals surface area contributed by atoms with Gasteiger partial charge in [-0.15, -0.1) is 0 Å². The Morgan fingerprint density at radius 2 is 1.74 bits per heavy atom. The third-order valence-corrected chi connectivity index (χ3v) is 7.39. The van der Waals surface area contributed by atoms with Gasteiger partial charge >= 0.3 is 5.97 Å². The highest BCUT2D eigenvalue weighted by molar-refractivity contribution is 5.95. The quantitative estimate of drug-likeness (QED) is 0.284. The summed E-state index contributed by atoms with van der Waals surface area (Å²) in [6.07, 6.45) is 3.85. The molecule has 4 rings (SSSR count). The highest BCUT2D eigenvalue weighted by atomic mass is 16.4. The van der Waals surface area contributed by atoms with Gasteiger partial charge < -0.3 is 36.7 Å². The van der Waals surface area contributed by atoms with Gasteiger partial charge in [0.1, 0.15) is 18.1 Å². The Balaban J connectivity index is 1.56. The van der Waals surface area contributed by atoms with E-state index in [0.29, 0.717) is 38.8 Å². The van der Waals surface area contributed by atoms with Crippen LogP contribution in [0.5, 0.6) is 0 Å². The van der Waals surface area contributed by atoms with E-state index in [0.717, 1.165) is 16.5 Å². The molecule has 0 bridgehead atoms. The first-order valence-electron chi connectivity index (χ1n) is 12.9. The molecule has 0 spiro atoms. The first-order valence-corrected chi connectivity index (χ1v) is 12.9. The van der Waals surface area contributed by atoms with Crippen molar-refractivity contribution in [2.45, 2.75) is 69.1 Å². The standard InChI is InChI=1S/C26H34N6O6/c27-17(9-10-22(28)33)23(34)30-19(13-15-14-29-18-6-2-1-5-16(15)18)24(35)31-11-3-7-20(31)25(36)32-12-4-8-21(32)26(37)38/h1-2,5-6,14,17,19-21,29H,3-4,7-13,27H2,(H2,28,33)(H,30,34)(H,37,38). The molecule has 4 atom stereocenters. The van der Waals surface area contributed by atoms with Crippen LogP contribution in [0.2, 0.25) is 0 Å². The summed E-state index contributed by atoms with van der Waals surface area (Å²) in [5, 5.41) is 13.2. The van der Waals surface area contributed by atoms with Crippen LogP contribution >= 0.6 is 0 Å². The van der Waals surface area contributed by atoms with E-state index in [9.17, 15) is 29.1 Å². The lowest BCUT2D eigenvalue weighted by atomic mass is 10.0. The summed E-state index contributed by atoms with van der Waals surface area (Å²) in [5.74, 6) is -3.05. The number of aromatic nitrogens is 1. The summed E-state index contributed by atoms with van der Waals surface area (Å²) in [5.41, 5.74) is 12.8. The summed E-state index contributed by atoms with van der Waals surface area (Å²) < 4.78 is 0. The molecule has 0 saturated carbocycles. The van der Waals surface area contributed by atoms with Crippen LogP contribution in [-0.4, -0.2) is 86.7 Å². The van der Waals surface area contributed by atoms with Crippen LogP contribution in [0.3, 0.4) is 0 Å². The summed E-state index contributed by atoms with van der Waals surface area (Å²) >= 11 is 0. The number of nitrogens with zero attached hydrogens (tertiary/aromatic N) is 2. The number of carboxylic acid groups (broad SMARTS) is 1. The molecule has 2 saturated heterocycles. The van der Waals surface area contributed by atoms with Crippen LogP contribution in [0.1, 0.15) is 44.1 Å². The summed E-state index contributed by atoms with van der Waals surface area (Å²) in [7, 11) is 0. The van der Waals surface area contributed by atoms with Gasteiger partial charge in [0.05, 0.1) is 6.04 Å². The number of benzene rings is 1. The van der Waals surface area contributed by atoms with Crippen LogP contribution < -0.4 is 16.8 Å². The van der Waals surface area contributed by atoms with E-state index in [4.69, 9.17) is 11.5 Å². The number of hydrogen-bond donors (Lipinski definition) is 5. The number of carbonyl (C=O) groups is 5.